The summed E-state index contributed by atoms with van der Waals surface area (Å²) < 4.78 is 5.11. The lowest BCUT2D eigenvalue weighted by Crippen LogP contribution is -2.50. The quantitative estimate of drug-likeness (QED) is 0.770. The fourth-order valence-electron chi connectivity index (χ4n) is 2.37. The van der Waals surface area contributed by atoms with Crippen LogP contribution in [-0.2, 0) is 0 Å². The van der Waals surface area contributed by atoms with Crippen molar-refractivity contribution in [3.05, 3.63) is 29.8 Å². The molecular weight excluding hydrogens is 240 g/mol. The van der Waals surface area contributed by atoms with Crippen LogP contribution in [0.4, 0.5) is 0 Å². The van der Waals surface area contributed by atoms with E-state index in [1.807, 2.05) is 31.2 Å². The first kappa shape index (κ1) is 14.0. The van der Waals surface area contributed by atoms with E-state index in [0.717, 1.165) is 37.5 Å². The number of nitrogens with zero attached hydrogens (tertiary/aromatic N) is 2. The number of benzene rings is 1. The summed E-state index contributed by atoms with van der Waals surface area (Å²) in [5.74, 6) is 0.969. The largest absolute Gasteiger partial charge is 0.497 e. The Labute approximate surface area is 115 Å². The number of carbonyl (C=O) groups is 1. The molecule has 0 aliphatic carbocycles. The van der Waals surface area contributed by atoms with Gasteiger partial charge in [-0.05, 0) is 38.2 Å². The van der Waals surface area contributed by atoms with E-state index >= 15 is 0 Å². The molecule has 0 aromatic heterocycles. The van der Waals surface area contributed by atoms with Crippen molar-refractivity contribution >= 4 is 5.78 Å². The van der Waals surface area contributed by atoms with Crippen LogP contribution in [0.15, 0.2) is 24.3 Å². The van der Waals surface area contributed by atoms with Gasteiger partial charge in [0.15, 0.2) is 5.78 Å². The molecule has 1 heterocycles. The van der Waals surface area contributed by atoms with Gasteiger partial charge in [0.1, 0.15) is 5.75 Å². The molecule has 1 aromatic carbocycles. The van der Waals surface area contributed by atoms with Gasteiger partial charge in [0, 0.05) is 31.7 Å². The Morgan fingerprint density at radius 2 is 1.74 bits per heavy atom. The third-order valence-corrected chi connectivity index (χ3v) is 3.84. The van der Waals surface area contributed by atoms with Gasteiger partial charge in [-0.3, -0.25) is 9.69 Å². The number of carbonyl (C=O) groups excluding carboxylic acids is 1. The average molecular weight is 262 g/mol. The van der Waals surface area contributed by atoms with Gasteiger partial charge in [0.25, 0.3) is 0 Å². The van der Waals surface area contributed by atoms with Crippen molar-refractivity contribution in [2.45, 2.75) is 13.0 Å². The highest BCUT2D eigenvalue weighted by molar-refractivity contribution is 5.99. The number of rotatable bonds is 4. The van der Waals surface area contributed by atoms with Crippen LogP contribution in [0.2, 0.25) is 0 Å². The van der Waals surface area contributed by atoms with Crippen LogP contribution in [0, 0.1) is 0 Å². The van der Waals surface area contributed by atoms with Crippen molar-refractivity contribution in [1.82, 2.24) is 9.80 Å². The number of piperazine rings is 1. The third-order valence-electron chi connectivity index (χ3n) is 3.84. The van der Waals surface area contributed by atoms with Gasteiger partial charge in [-0.2, -0.15) is 0 Å². The summed E-state index contributed by atoms with van der Waals surface area (Å²) in [6.07, 6.45) is 0. The second-order valence-electron chi connectivity index (χ2n) is 5.11. The van der Waals surface area contributed by atoms with Crippen molar-refractivity contribution in [3.63, 3.8) is 0 Å². The van der Waals surface area contributed by atoms with Crippen molar-refractivity contribution in [1.29, 1.82) is 0 Å². The van der Waals surface area contributed by atoms with E-state index in [0.29, 0.717) is 0 Å². The molecule has 1 aliphatic rings. The molecule has 1 atom stereocenters. The molecule has 0 saturated carbocycles. The standard InChI is InChI=1S/C15H22N2O2/c1-12(17-10-8-16(2)9-11-17)15(18)13-4-6-14(19-3)7-5-13/h4-7,12H,8-11H2,1-3H3. The van der Waals surface area contributed by atoms with Gasteiger partial charge in [-0.25, -0.2) is 0 Å². The van der Waals surface area contributed by atoms with E-state index in [1.54, 1.807) is 7.11 Å². The Bertz CT molecular complexity index is 422. The molecule has 0 spiro atoms. The summed E-state index contributed by atoms with van der Waals surface area (Å²) in [5, 5.41) is 0. The number of methoxy groups -OCH3 is 1. The fourth-order valence-corrected chi connectivity index (χ4v) is 2.37. The Kier molecular flexibility index (Phi) is 4.56. The second-order valence-corrected chi connectivity index (χ2v) is 5.11. The average Bonchev–Trinajstić information content (AvgIpc) is 2.46. The molecule has 1 unspecified atom stereocenters. The molecule has 19 heavy (non-hydrogen) atoms. The van der Waals surface area contributed by atoms with E-state index in [-0.39, 0.29) is 11.8 Å². The molecular formula is C15H22N2O2. The van der Waals surface area contributed by atoms with Crippen LogP contribution in [0.25, 0.3) is 0 Å². The summed E-state index contributed by atoms with van der Waals surface area (Å²) in [6, 6.07) is 7.30. The fraction of sp³-hybridized carbons (Fsp3) is 0.533. The van der Waals surface area contributed by atoms with Crippen molar-refractivity contribution in [2.75, 3.05) is 40.3 Å². The zero-order valence-corrected chi connectivity index (χ0v) is 11.9. The normalized spacial score (nSPS) is 19.1. The summed E-state index contributed by atoms with van der Waals surface area (Å²) in [5.41, 5.74) is 0.757. The highest BCUT2D eigenvalue weighted by Gasteiger charge is 2.25. The van der Waals surface area contributed by atoms with E-state index in [1.165, 1.54) is 0 Å². The molecule has 0 bridgehead atoms. The summed E-state index contributed by atoms with van der Waals surface area (Å²) in [4.78, 5) is 17.0. The number of Topliss-reactive ketones (excluding diaryl/α,β-unsaturated/α-hetero) is 1. The third kappa shape index (κ3) is 3.33. The van der Waals surface area contributed by atoms with Gasteiger partial charge >= 0.3 is 0 Å². The van der Waals surface area contributed by atoms with E-state index in [4.69, 9.17) is 4.74 Å². The molecule has 1 saturated heterocycles. The zero-order valence-electron chi connectivity index (χ0n) is 11.9. The molecule has 4 heteroatoms. The van der Waals surface area contributed by atoms with Crippen LogP contribution in [0.3, 0.4) is 0 Å². The van der Waals surface area contributed by atoms with E-state index < -0.39 is 0 Å². The van der Waals surface area contributed by atoms with Crippen molar-refractivity contribution in [2.24, 2.45) is 0 Å². The van der Waals surface area contributed by atoms with Crippen molar-refractivity contribution < 1.29 is 9.53 Å². The molecule has 4 nitrogen and oxygen atoms in total. The van der Waals surface area contributed by atoms with Gasteiger partial charge in [0.05, 0.1) is 13.2 Å². The highest BCUT2D eigenvalue weighted by Crippen LogP contribution is 2.15. The summed E-state index contributed by atoms with van der Waals surface area (Å²) in [6.45, 7) is 5.97. The lowest BCUT2D eigenvalue weighted by atomic mass is 10.0. The maximum absolute atomic E-state index is 12.4. The lowest BCUT2D eigenvalue weighted by molar-refractivity contribution is 0.0738. The molecule has 0 radical (unpaired) electrons. The minimum absolute atomic E-state index is 0.0536. The number of ketones is 1. The van der Waals surface area contributed by atoms with E-state index in [9.17, 15) is 4.79 Å². The van der Waals surface area contributed by atoms with Crippen LogP contribution in [0.5, 0.6) is 5.75 Å². The maximum atomic E-state index is 12.4. The van der Waals surface area contributed by atoms with Crippen LogP contribution in [0.1, 0.15) is 17.3 Å². The Hall–Kier alpha value is -1.39. The van der Waals surface area contributed by atoms with Crippen LogP contribution < -0.4 is 4.74 Å². The van der Waals surface area contributed by atoms with Gasteiger partial charge < -0.3 is 9.64 Å². The smallest absolute Gasteiger partial charge is 0.179 e. The second kappa shape index (κ2) is 6.17. The molecule has 1 aliphatic heterocycles. The van der Waals surface area contributed by atoms with Gasteiger partial charge in [0.2, 0.25) is 0 Å². The van der Waals surface area contributed by atoms with Crippen LogP contribution in [-0.4, -0.2) is 62.0 Å². The Balaban J connectivity index is 2.01. The number of ether oxygens (including phenoxy) is 1. The highest BCUT2D eigenvalue weighted by atomic mass is 16.5. The maximum Gasteiger partial charge on any atom is 0.179 e. The topological polar surface area (TPSA) is 32.8 Å². The Morgan fingerprint density at radius 1 is 1.16 bits per heavy atom. The molecule has 0 N–H and O–H groups in total. The number of hydrogen-bond donors (Lipinski definition) is 0. The molecule has 1 aromatic rings. The minimum Gasteiger partial charge on any atom is -0.497 e. The number of likely N-dealkylation sites (N-methyl/N-ethyl adjacent to an activating group) is 1. The molecule has 0 amide bonds. The first-order valence-electron chi connectivity index (χ1n) is 6.72. The minimum atomic E-state index is -0.0536. The molecule has 104 valence electrons. The SMILES string of the molecule is COc1ccc(C(=O)C(C)N2CCN(C)CC2)cc1. The zero-order chi connectivity index (χ0) is 13.8. The Morgan fingerprint density at radius 3 is 2.26 bits per heavy atom. The van der Waals surface area contributed by atoms with Gasteiger partial charge in [-0.15, -0.1) is 0 Å². The molecule has 2 rings (SSSR count). The van der Waals surface area contributed by atoms with Crippen molar-refractivity contribution in [3.8, 4) is 5.75 Å². The van der Waals surface area contributed by atoms with Gasteiger partial charge in [-0.1, -0.05) is 0 Å². The summed E-state index contributed by atoms with van der Waals surface area (Å²) in [7, 11) is 3.75. The van der Waals surface area contributed by atoms with Crippen LogP contribution >= 0.6 is 0 Å². The molecule has 1 fully saturated rings. The summed E-state index contributed by atoms with van der Waals surface area (Å²) >= 11 is 0. The first-order valence-corrected chi connectivity index (χ1v) is 6.72. The first-order chi connectivity index (χ1) is 9.11. The van der Waals surface area contributed by atoms with E-state index in [2.05, 4.69) is 16.8 Å². The predicted molar refractivity (Wildman–Crippen MR) is 75.9 cm³/mol. The monoisotopic (exact) mass is 262 g/mol. The lowest BCUT2D eigenvalue weighted by Gasteiger charge is -2.35. The number of hydrogen-bond acceptors (Lipinski definition) is 4. The predicted octanol–water partition coefficient (Wildman–Crippen LogP) is 1.51.